The zero-order chi connectivity index (χ0) is 28.6. The molecule has 1 aliphatic carbocycles. The molecule has 0 aromatic heterocycles. The summed E-state index contributed by atoms with van der Waals surface area (Å²) >= 11 is 0. The van der Waals surface area contributed by atoms with Crippen molar-refractivity contribution in [1.29, 1.82) is 0 Å². The molecule has 0 fully saturated rings. The first kappa shape index (κ1) is 27.6. The lowest BCUT2D eigenvalue weighted by atomic mass is 9.93. The van der Waals surface area contributed by atoms with Crippen LogP contribution in [-0.4, -0.2) is 0 Å². The van der Waals surface area contributed by atoms with E-state index >= 15 is 0 Å². The summed E-state index contributed by atoms with van der Waals surface area (Å²) in [5.41, 5.74) is 12.8. The van der Waals surface area contributed by atoms with Gasteiger partial charge >= 0.3 is 0 Å². The van der Waals surface area contributed by atoms with Crippen molar-refractivity contribution in [3.8, 4) is 55.6 Å². The van der Waals surface area contributed by atoms with Crippen LogP contribution in [0, 0.1) is 0 Å². The summed E-state index contributed by atoms with van der Waals surface area (Å²) in [5.74, 6) is 0. The van der Waals surface area contributed by atoms with Crippen LogP contribution in [0.25, 0.3) is 66.4 Å². The normalized spacial score (nSPS) is 10.8. The number of fused-ring (bicyclic) bond motifs is 3. The summed E-state index contributed by atoms with van der Waals surface area (Å²) in [6.07, 6.45) is 5.75. The Kier molecular flexibility index (Phi) is 8.72. The largest absolute Gasteiger partial charge is 0.103 e. The lowest BCUT2D eigenvalue weighted by molar-refractivity contribution is 1.58. The average molecular weight is 529 g/mol. The molecule has 7 rings (SSSR count). The van der Waals surface area contributed by atoms with E-state index < -0.39 is 0 Å². The highest BCUT2D eigenvalue weighted by molar-refractivity contribution is 6.16. The maximum atomic E-state index is 3.36. The van der Waals surface area contributed by atoms with E-state index in [0.29, 0.717) is 0 Å². The molecule has 0 heterocycles. The van der Waals surface area contributed by atoms with Gasteiger partial charge in [0.1, 0.15) is 0 Å². The van der Waals surface area contributed by atoms with Gasteiger partial charge in [-0.25, -0.2) is 0 Å². The maximum absolute atomic E-state index is 3.36. The summed E-state index contributed by atoms with van der Waals surface area (Å²) in [4.78, 5) is 0. The first-order valence-corrected chi connectivity index (χ1v) is 14.3. The quantitative estimate of drug-likeness (QED) is 0.200. The molecule has 0 N–H and O–H groups in total. The average Bonchev–Trinajstić information content (AvgIpc) is 3.37. The topological polar surface area (TPSA) is 0 Å². The Morgan fingerprint density at radius 1 is 0.390 bits per heavy atom. The van der Waals surface area contributed by atoms with Crippen molar-refractivity contribution in [2.75, 3.05) is 0 Å². The lowest BCUT2D eigenvalue weighted by Crippen LogP contribution is -1.85. The van der Waals surface area contributed by atoms with Gasteiger partial charge in [-0.2, -0.15) is 0 Å². The predicted molar refractivity (Wildman–Crippen MR) is 181 cm³/mol. The SMILES string of the molecule is C/C=C\C.C=CC.c1ccc(-c2cccc(-c3cccc(-c4cc5c6c(cccc6c4)-c4ccccc4-5)c3)c2)cc1. The zero-order valence-electron chi connectivity index (χ0n) is 24.1. The minimum absolute atomic E-state index is 1.24. The summed E-state index contributed by atoms with van der Waals surface area (Å²) in [6, 6.07) is 48.5. The predicted octanol–water partition coefficient (Wildman–Crippen LogP) is 12.3. The zero-order valence-corrected chi connectivity index (χ0v) is 24.1. The number of hydrogen-bond donors (Lipinski definition) is 0. The molecule has 0 amide bonds. The van der Waals surface area contributed by atoms with Crippen molar-refractivity contribution in [1.82, 2.24) is 0 Å². The Morgan fingerprint density at radius 3 is 1.41 bits per heavy atom. The Bertz CT molecular complexity index is 1820. The highest BCUT2D eigenvalue weighted by Gasteiger charge is 2.21. The van der Waals surface area contributed by atoms with Crippen LogP contribution < -0.4 is 0 Å². The lowest BCUT2D eigenvalue weighted by Gasteiger charge is -2.11. The minimum atomic E-state index is 1.24. The highest BCUT2D eigenvalue weighted by Crippen LogP contribution is 2.48. The van der Waals surface area contributed by atoms with E-state index in [1.807, 2.05) is 32.9 Å². The van der Waals surface area contributed by atoms with Crippen molar-refractivity contribution in [3.63, 3.8) is 0 Å². The summed E-state index contributed by atoms with van der Waals surface area (Å²) < 4.78 is 0. The molecule has 6 aromatic carbocycles. The Morgan fingerprint density at radius 2 is 0.829 bits per heavy atom. The van der Waals surface area contributed by atoms with E-state index in [0.717, 1.165) is 0 Å². The van der Waals surface area contributed by atoms with Gasteiger partial charge in [-0.3, -0.25) is 0 Å². The van der Waals surface area contributed by atoms with Crippen molar-refractivity contribution in [3.05, 3.63) is 158 Å². The van der Waals surface area contributed by atoms with Gasteiger partial charge in [-0.05, 0) is 111 Å². The summed E-state index contributed by atoms with van der Waals surface area (Å²) in [5, 5.41) is 2.68. The van der Waals surface area contributed by atoms with Crippen molar-refractivity contribution in [2.24, 2.45) is 0 Å². The molecule has 0 heteroatoms. The van der Waals surface area contributed by atoms with E-state index in [2.05, 4.69) is 140 Å². The van der Waals surface area contributed by atoms with Gasteiger partial charge in [0.2, 0.25) is 0 Å². The van der Waals surface area contributed by atoms with Gasteiger partial charge in [0.15, 0.2) is 0 Å². The fourth-order valence-corrected chi connectivity index (χ4v) is 5.37. The third kappa shape index (κ3) is 5.83. The Labute approximate surface area is 245 Å². The molecule has 1 aliphatic rings. The molecule has 0 saturated carbocycles. The maximum Gasteiger partial charge on any atom is -0.00259 e. The van der Waals surface area contributed by atoms with Crippen molar-refractivity contribution in [2.45, 2.75) is 20.8 Å². The number of allylic oxidation sites excluding steroid dienone is 3. The van der Waals surface area contributed by atoms with E-state index in [9.17, 15) is 0 Å². The summed E-state index contributed by atoms with van der Waals surface area (Å²) in [6.45, 7) is 9.25. The molecule has 0 nitrogen and oxygen atoms in total. The standard InChI is InChI=1S/C34H22.C4H8.C3H6/c1-2-9-23(10-3-1)24-11-6-12-25(19-24)26-13-7-14-27(20-26)29-21-28-15-8-18-32-30-16-4-5-17-31(30)33(22-29)34(28)32;1-3-4-2;1-3-2/h1-22H;3-4H,1-2H3;3H,1H2,2H3/b;4-3-;. The second-order valence-electron chi connectivity index (χ2n) is 10.1. The first-order chi connectivity index (χ1) is 20.2. The van der Waals surface area contributed by atoms with E-state index in [-0.39, 0.29) is 0 Å². The molecule has 0 unspecified atom stereocenters. The fraction of sp³-hybridized carbons (Fsp3) is 0.0732. The van der Waals surface area contributed by atoms with Gasteiger partial charge < -0.3 is 0 Å². The van der Waals surface area contributed by atoms with Gasteiger partial charge in [0.25, 0.3) is 0 Å². The molecule has 0 radical (unpaired) electrons. The van der Waals surface area contributed by atoms with E-state index in [1.54, 1.807) is 6.08 Å². The molecule has 0 saturated heterocycles. The monoisotopic (exact) mass is 528 g/mol. The third-order valence-electron chi connectivity index (χ3n) is 7.32. The van der Waals surface area contributed by atoms with Gasteiger partial charge in [-0.1, -0.05) is 127 Å². The third-order valence-corrected chi connectivity index (χ3v) is 7.32. The van der Waals surface area contributed by atoms with Gasteiger partial charge in [0, 0.05) is 0 Å². The molecule has 200 valence electrons. The molecular formula is C41H36. The fourth-order valence-electron chi connectivity index (χ4n) is 5.37. The van der Waals surface area contributed by atoms with E-state index in [4.69, 9.17) is 0 Å². The van der Waals surface area contributed by atoms with Crippen LogP contribution in [0.3, 0.4) is 0 Å². The first-order valence-electron chi connectivity index (χ1n) is 14.3. The summed E-state index contributed by atoms with van der Waals surface area (Å²) in [7, 11) is 0. The smallest absolute Gasteiger partial charge is 0.00259 e. The van der Waals surface area contributed by atoms with Crippen LogP contribution in [0.15, 0.2) is 158 Å². The second-order valence-corrected chi connectivity index (χ2v) is 10.1. The van der Waals surface area contributed by atoms with Gasteiger partial charge in [-0.15, -0.1) is 6.58 Å². The Balaban J connectivity index is 0.000000439. The van der Waals surface area contributed by atoms with Crippen LogP contribution in [0.4, 0.5) is 0 Å². The number of rotatable bonds is 3. The molecule has 41 heavy (non-hydrogen) atoms. The van der Waals surface area contributed by atoms with Gasteiger partial charge in [0.05, 0.1) is 0 Å². The molecule has 0 bridgehead atoms. The number of hydrogen-bond acceptors (Lipinski definition) is 0. The molecular weight excluding hydrogens is 492 g/mol. The molecule has 6 aromatic rings. The molecule has 0 aliphatic heterocycles. The van der Waals surface area contributed by atoms with Crippen molar-refractivity contribution >= 4 is 10.8 Å². The van der Waals surface area contributed by atoms with Crippen LogP contribution in [0.5, 0.6) is 0 Å². The van der Waals surface area contributed by atoms with Crippen LogP contribution in [-0.2, 0) is 0 Å². The molecule has 0 spiro atoms. The molecule has 0 atom stereocenters. The van der Waals surface area contributed by atoms with Crippen LogP contribution in [0.1, 0.15) is 20.8 Å². The number of benzene rings is 6. The minimum Gasteiger partial charge on any atom is -0.103 e. The van der Waals surface area contributed by atoms with E-state index in [1.165, 1.54) is 66.4 Å². The van der Waals surface area contributed by atoms with Crippen LogP contribution >= 0.6 is 0 Å². The second kappa shape index (κ2) is 12.9. The van der Waals surface area contributed by atoms with Crippen LogP contribution in [0.2, 0.25) is 0 Å². The Hall–Kier alpha value is -4.94. The van der Waals surface area contributed by atoms with Crippen molar-refractivity contribution < 1.29 is 0 Å². The highest BCUT2D eigenvalue weighted by atomic mass is 14.2.